The molecule has 2 rings (SSSR count). The number of fused-ring (bicyclic) bond motifs is 1. The molecule has 1 aliphatic heterocycles. The molecule has 4 nitrogen and oxygen atoms in total. The summed E-state index contributed by atoms with van der Waals surface area (Å²) in [6, 6.07) is 0. The predicted octanol–water partition coefficient (Wildman–Crippen LogP) is 0.109. The molecule has 0 amide bonds. The standard InChI is InChI=1S/C8H13N3O/c1-2-7-10-5-3-9-4-6(12)8(5)11-7/h6,9,12H,2-4H2,1H3,(H,10,11). The van der Waals surface area contributed by atoms with Crippen LogP contribution in [0.25, 0.3) is 0 Å². The first kappa shape index (κ1) is 7.76. The lowest BCUT2D eigenvalue weighted by atomic mass is 10.1. The molecular formula is C8H13N3O. The van der Waals surface area contributed by atoms with E-state index in [2.05, 4.69) is 15.3 Å². The Bertz CT molecular complexity index is 282. The van der Waals surface area contributed by atoms with Crippen LogP contribution >= 0.6 is 0 Å². The van der Waals surface area contributed by atoms with Gasteiger partial charge in [-0.1, -0.05) is 6.92 Å². The largest absolute Gasteiger partial charge is 0.385 e. The minimum absolute atomic E-state index is 0.440. The quantitative estimate of drug-likeness (QED) is 0.556. The molecule has 2 heterocycles. The number of H-pyrrole nitrogens is 1. The Morgan fingerprint density at radius 1 is 1.67 bits per heavy atom. The zero-order chi connectivity index (χ0) is 8.55. The van der Waals surface area contributed by atoms with Crippen LogP contribution in [0.2, 0.25) is 0 Å². The molecule has 0 bridgehead atoms. The number of aliphatic hydroxyl groups excluding tert-OH is 1. The van der Waals surface area contributed by atoms with Crippen LogP contribution in [0.4, 0.5) is 0 Å². The van der Waals surface area contributed by atoms with Crippen molar-refractivity contribution in [3.8, 4) is 0 Å². The van der Waals surface area contributed by atoms with E-state index >= 15 is 0 Å². The maximum atomic E-state index is 9.53. The van der Waals surface area contributed by atoms with Gasteiger partial charge in [-0.05, 0) is 0 Å². The number of hydrogen-bond donors (Lipinski definition) is 3. The van der Waals surface area contributed by atoms with Crippen molar-refractivity contribution >= 4 is 0 Å². The van der Waals surface area contributed by atoms with Gasteiger partial charge in [0.05, 0.1) is 11.4 Å². The third-order valence-corrected chi connectivity index (χ3v) is 2.15. The second kappa shape index (κ2) is 2.88. The zero-order valence-corrected chi connectivity index (χ0v) is 7.09. The topological polar surface area (TPSA) is 60.9 Å². The van der Waals surface area contributed by atoms with Gasteiger partial charge in [-0.2, -0.15) is 0 Å². The van der Waals surface area contributed by atoms with Crippen LogP contribution in [0.1, 0.15) is 30.2 Å². The van der Waals surface area contributed by atoms with Crippen molar-refractivity contribution < 1.29 is 5.11 Å². The smallest absolute Gasteiger partial charge is 0.110 e. The molecule has 0 aliphatic carbocycles. The molecule has 1 unspecified atom stereocenters. The Morgan fingerprint density at radius 2 is 2.50 bits per heavy atom. The first-order valence-electron chi connectivity index (χ1n) is 4.27. The summed E-state index contributed by atoms with van der Waals surface area (Å²) in [6.45, 7) is 3.45. The van der Waals surface area contributed by atoms with Gasteiger partial charge in [0.2, 0.25) is 0 Å². The summed E-state index contributed by atoms with van der Waals surface area (Å²) in [5, 5.41) is 12.6. The van der Waals surface area contributed by atoms with Crippen molar-refractivity contribution in [3.05, 3.63) is 17.2 Å². The van der Waals surface area contributed by atoms with Gasteiger partial charge < -0.3 is 15.4 Å². The van der Waals surface area contributed by atoms with E-state index in [-0.39, 0.29) is 0 Å². The predicted molar refractivity (Wildman–Crippen MR) is 44.6 cm³/mol. The molecule has 0 radical (unpaired) electrons. The minimum Gasteiger partial charge on any atom is -0.385 e. The Hall–Kier alpha value is -0.870. The van der Waals surface area contributed by atoms with E-state index in [0.717, 1.165) is 30.2 Å². The lowest BCUT2D eigenvalue weighted by Gasteiger charge is -2.16. The first-order chi connectivity index (χ1) is 5.81. The molecule has 0 saturated heterocycles. The highest BCUT2D eigenvalue weighted by atomic mass is 16.3. The maximum Gasteiger partial charge on any atom is 0.110 e. The van der Waals surface area contributed by atoms with Gasteiger partial charge in [-0.3, -0.25) is 0 Å². The number of imidazole rings is 1. The van der Waals surface area contributed by atoms with Gasteiger partial charge in [-0.25, -0.2) is 4.98 Å². The lowest BCUT2D eigenvalue weighted by molar-refractivity contribution is 0.160. The molecule has 4 heteroatoms. The van der Waals surface area contributed by atoms with E-state index in [0.29, 0.717) is 6.54 Å². The minimum atomic E-state index is -0.440. The van der Waals surface area contributed by atoms with Gasteiger partial charge in [0.25, 0.3) is 0 Å². The van der Waals surface area contributed by atoms with Crippen molar-refractivity contribution in [3.63, 3.8) is 0 Å². The summed E-state index contributed by atoms with van der Waals surface area (Å²) in [5.41, 5.74) is 1.86. The van der Waals surface area contributed by atoms with Crippen LogP contribution in [-0.2, 0) is 13.0 Å². The molecule has 1 aromatic heterocycles. The summed E-state index contributed by atoms with van der Waals surface area (Å²) in [7, 11) is 0. The number of β-amino-alcohol motifs (C(OH)–C–C–N with tert-alkyl or cyclic N) is 1. The van der Waals surface area contributed by atoms with Crippen molar-refractivity contribution in [2.24, 2.45) is 0 Å². The second-order valence-corrected chi connectivity index (χ2v) is 3.05. The van der Waals surface area contributed by atoms with Crippen molar-refractivity contribution in [2.45, 2.75) is 26.0 Å². The van der Waals surface area contributed by atoms with Crippen LogP contribution in [0.3, 0.4) is 0 Å². The fourth-order valence-electron chi connectivity index (χ4n) is 1.49. The van der Waals surface area contributed by atoms with E-state index in [9.17, 15) is 5.11 Å². The van der Waals surface area contributed by atoms with E-state index in [1.54, 1.807) is 0 Å². The third-order valence-electron chi connectivity index (χ3n) is 2.15. The highest BCUT2D eigenvalue weighted by Gasteiger charge is 2.21. The molecule has 0 fully saturated rings. The number of rotatable bonds is 1. The normalized spacial score (nSPS) is 22.3. The molecule has 3 N–H and O–H groups in total. The molecule has 1 aliphatic rings. The molecule has 0 aromatic carbocycles. The Balaban J connectivity index is 2.37. The molecule has 0 saturated carbocycles. The average Bonchev–Trinajstić information content (AvgIpc) is 2.49. The van der Waals surface area contributed by atoms with Gasteiger partial charge in [0, 0.05) is 19.5 Å². The van der Waals surface area contributed by atoms with Crippen LogP contribution in [0.5, 0.6) is 0 Å². The van der Waals surface area contributed by atoms with E-state index in [1.807, 2.05) is 6.92 Å². The molecule has 66 valence electrons. The Kier molecular flexibility index (Phi) is 1.86. The van der Waals surface area contributed by atoms with Crippen molar-refractivity contribution in [1.29, 1.82) is 0 Å². The van der Waals surface area contributed by atoms with Crippen LogP contribution < -0.4 is 5.32 Å². The van der Waals surface area contributed by atoms with E-state index in [1.165, 1.54) is 0 Å². The Morgan fingerprint density at radius 3 is 3.17 bits per heavy atom. The number of aryl methyl sites for hydroxylation is 1. The fraction of sp³-hybridized carbons (Fsp3) is 0.625. The van der Waals surface area contributed by atoms with Crippen LogP contribution in [0, 0.1) is 0 Å². The lowest BCUT2D eigenvalue weighted by Crippen LogP contribution is -2.27. The highest BCUT2D eigenvalue weighted by molar-refractivity contribution is 5.20. The molecule has 0 spiro atoms. The summed E-state index contributed by atoms with van der Waals surface area (Å²) in [5.74, 6) is 0.961. The van der Waals surface area contributed by atoms with Crippen LogP contribution in [-0.4, -0.2) is 21.6 Å². The second-order valence-electron chi connectivity index (χ2n) is 3.05. The van der Waals surface area contributed by atoms with E-state index in [4.69, 9.17) is 0 Å². The molecular weight excluding hydrogens is 154 g/mol. The van der Waals surface area contributed by atoms with Gasteiger partial charge in [0.15, 0.2) is 0 Å². The van der Waals surface area contributed by atoms with Gasteiger partial charge >= 0.3 is 0 Å². The number of nitrogens with zero attached hydrogens (tertiary/aromatic N) is 1. The SMILES string of the molecule is CCc1nc2c([nH]1)CNCC2O. The number of aromatic amines is 1. The summed E-state index contributed by atoms with van der Waals surface area (Å²) >= 11 is 0. The highest BCUT2D eigenvalue weighted by Crippen LogP contribution is 2.19. The summed E-state index contributed by atoms with van der Waals surface area (Å²) in [6.07, 6.45) is 0.449. The third kappa shape index (κ3) is 1.13. The zero-order valence-electron chi connectivity index (χ0n) is 7.09. The number of nitrogens with one attached hydrogen (secondary N) is 2. The average molecular weight is 167 g/mol. The summed E-state index contributed by atoms with van der Waals surface area (Å²) < 4.78 is 0. The van der Waals surface area contributed by atoms with Crippen LogP contribution in [0.15, 0.2) is 0 Å². The fourth-order valence-corrected chi connectivity index (χ4v) is 1.49. The van der Waals surface area contributed by atoms with Gasteiger partial charge in [-0.15, -0.1) is 0 Å². The maximum absolute atomic E-state index is 9.53. The summed E-state index contributed by atoms with van der Waals surface area (Å²) in [4.78, 5) is 7.48. The number of aromatic nitrogens is 2. The van der Waals surface area contributed by atoms with Gasteiger partial charge in [0.1, 0.15) is 11.9 Å². The van der Waals surface area contributed by atoms with Crippen molar-refractivity contribution in [2.75, 3.05) is 6.54 Å². The monoisotopic (exact) mass is 167 g/mol. The number of hydrogen-bond acceptors (Lipinski definition) is 3. The molecule has 1 atom stereocenters. The molecule has 1 aromatic rings. The van der Waals surface area contributed by atoms with E-state index < -0.39 is 6.10 Å². The first-order valence-corrected chi connectivity index (χ1v) is 4.27. The Labute approximate surface area is 71.0 Å². The van der Waals surface area contributed by atoms with Crippen molar-refractivity contribution in [1.82, 2.24) is 15.3 Å². The molecule has 12 heavy (non-hydrogen) atoms. The number of aliphatic hydroxyl groups is 1.